The lowest BCUT2D eigenvalue weighted by Crippen LogP contribution is -2.24. The molecule has 0 bridgehead atoms. The molecule has 0 atom stereocenters. The highest BCUT2D eigenvalue weighted by Crippen LogP contribution is 2.10. The van der Waals surface area contributed by atoms with Gasteiger partial charge >= 0.3 is 0 Å². The Bertz CT molecular complexity index is 541. The van der Waals surface area contributed by atoms with E-state index >= 15 is 0 Å². The third kappa shape index (κ3) is 3.99. The van der Waals surface area contributed by atoms with Crippen molar-refractivity contribution in [2.45, 2.75) is 26.9 Å². The molecule has 106 valence electrons. The first kappa shape index (κ1) is 14.4. The van der Waals surface area contributed by atoms with Crippen LogP contribution in [0.1, 0.15) is 24.0 Å². The number of aromatic nitrogens is 3. The SMILES string of the molecule is CCN(Cc1ccncc1)Cc1nc(C)cc(NC)n1. The van der Waals surface area contributed by atoms with Gasteiger partial charge in [-0.1, -0.05) is 6.92 Å². The third-order valence-electron chi connectivity index (χ3n) is 3.12. The van der Waals surface area contributed by atoms with Gasteiger partial charge in [0.25, 0.3) is 0 Å². The van der Waals surface area contributed by atoms with Crippen LogP contribution in [0.25, 0.3) is 0 Å². The van der Waals surface area contributed by atoms with Gasteiger partial charge in [-0.25, -0.2) is 9.97 Å². The summed E-state index contributed by atoms with van der Waals surface area (Å²) in [6.45, 7) is 6.72. The first-order valence-corrected chi connectivity index (χ1v) is 6.85. The van der Waals surface area contributed by atoms with Crippen LogP contribution in [-0.4, -0.2) is 33.4 Å². The maximum atomic E-state index is 4.51. The van der Waals surface area contributed by atoms with E-state index in [-0.39, 0.29) is 0 Å². The maximum absolute atomic E-state index is 4.51. The zero-order chi connectivity index (χ0) is 14.4. The summed E-state index contributed by atoms with van der Waals surface area (Å²) < 4.78 is 0. The standard InChI is InChI=1S/C15H21N5/c1-4-20(10-13-5-7-17-8-6-13)11-15-18-12(2)9-14(16-3)19-15/h5-9H,4,10-11H2,1-3H3,(H,16,18,19). The van der Waals surface area contributed by atoms with E-state index in [1.165, 1.54) is 5.56 Å². The second-order valence-corrected chi connectivity index (χ2v) is 4.72. The second-order valence-electron chi connectivity index (χ2n) is 4.72. The molecular formula is C15H21N5. The molecule has 0 aliphatic heterocycles. The fourth-order valence-corrected chi connectivity index (χ4v) is 2.05. The van der Waals surface area contributed by atoms with Crippen molar-refractivity contribution >= 4 is 5.82 Å². The monoisotopic (exact) mass is 271 g/mol. The highest BCUT2D eigenvalue weighted by atomic mass is 15.1. The quantitative estimate of drug-likeness (QED) is 0.873. The van der Waals surface area contributed by atoms with Crippen molar-refractivity contribution in [3.63, 3.8) is 0 Å². The van der Waals surface area contributed by atoms with Crippen LogP contribution in [0.15, 0.2) is 30.6 Å². The minimum Gasteiger partial charge on any atom is -0.373 e. The molecular weight excluding hydrogens is 250 g/mol. The third-order valence-corrected chi connectivity index (χ3v) is 3.12. The number of rotatable bonds is 6. The van der Waals surface area contributed by atoms with E-state index in [9.17, 15) is 0 Å². The van der Waals surface area contributed by atoms with Crippen molar-refractivity contribution in [3.05, 3.63) is 47.7 Å². The van der Waals surface area contributed by atoms with Gasteiger partial charge in [0.1, 0.15) is 11.6 Å². The smallest absolute Gasteiger partial charge is 0.144 e. The molecule has 5 heteroatoms. The molecule has 0 amide bonds. The first-order valence-electron chi connectivity index (χ1n) is 6.85. The Kier molecular flexibility index (Phi) is 5.01. The molecule has 5 nitrogen and oxygen atoms in total. The topological polar surface area (TPSA) is 53.9 Å². The van der Waals surface area contributed by atoms with Gasteiger partial charge in [0, 0.05) is 37.7 Å². The van der Waals surface area contributed by atoms with Crippen LogP contribution in [-0.2, 0) is 13.1 Å². The summed E-state index contributed by atoms with van der Waals surface area (Å²) >= 11 is 0. The summed E-state index contributed by atoms with van der Waals surface area (Å²) in [5, 5.41) is 3.07. The molecule has 0 aliphatic rings. The number of nitrogens with zero attached hydrogens (tertiary/aromatic N) is 4. The van der Waals surface area contributed by atoms with Crippen LogP contribution >= 0.6 is 0 Å². The molecule has 2 heterocycles. The number of pyridine rings is 1. The van der Waals surface area contributed by atoms with E-state index < -0.39 is 0 Å². The Morgan fingerprint density at radius 2 is 1.90 bits per heavy atom. The zero-order valence-corrected chi connectivity index (χ0v) is 12.3. The Labute approximate surface area is 120 Å². The van der Waals surface area contributed by atoms with Gasteiger partial charge in [0.15, 0.2) is 0 Å². The average Bonchev–Trinajstić information content (AvgIpc) is 2.47. The van der Waals surface area contributed by atoms with Gasteiger partial charge in [-0.2, -0.15) is 0 Å². The number of hydrogen-bond acceptors (Lipinski definition) is 5. The average molecular weight is 271 g/mol. The minimum atomic E-state index is 0.745. The first-order chi connectivity index (χ1) is 9.71. The van der Waals surface area contributed by atoms with E-state index in [2.05, 4.69) is 32.1 Å². The van der Waals surface area contributed by atoms with Gasteiger partial charge < -0.3 is 5.32 Å². The lowest BCUT2D eigenvalue weighted by Gasteiger charge is -2.20. The van der Waals surface area contributed by atoms with Crippen molar-refractivity contribution < 1.29 is 0 Å². The molecule has 0 saturated heterocycles. The fraction of sp³-hybridized carbons (Fsp3) is 0.400. The van der Waals surface area contributed by atoms with Crippen LogP contribution in [0.2, 0.25) is 0 Å². The summed E-state index contributed by atoms with van der Waals surface area (Å²) in [6.07, 6.45) is 3.65. The van der Waals surface area contributed by atoms with Crippen molar-refractivity contribution in [2.75, 3.05) is 18.9 Å². The highest BCUT2D eigenvalue weighted by molar-refractivity contribution is 5.34. The van der Waals surface area contributed by atoms with Gasteiger partial charge in [0.2, 0.25) is 0 Å². The minimum absolute atomic E-state index is 0.745. The highest BCUT2D eigenvalue weighted by Gasteiger charge is 2.08. The summed E-state index contributed by atoms with van der Waals surface area (Å²) in [7, 11) is 1.88. The van der Waals surface area contributed by atoms with Crippen molar-refractivity contribution in [2.24, 2.45) is 0 Å². The van der Waals surface area contributed by atoms with Crippen LogP contribution in [0.3, 0.4) is 0 Å². The van der Waals surface area contributed by atoms with E-state index in [1.807, 2.05) is 44.6 Å². The molecule has 0 aliphatic carbocycles. The second kappa shape index (κ2) is 6.96. The van der Waals surface area contributed by atoms with E-state index in [0.29, 0.717) is 0 Å². The molecule has 1 N–H and O–H groups in total. The predicted molar refractivity (Wildman–Crippen MR) is 80.3 cm³/mol. The predicted octanol–water partition coefficient (Wildman–Crippen LogP) is 2.24. The molecule has 0 spiro atoms. The van der Waals surface area contributed by atoms with Gasteiger partial charge in [0.05, 0.1) is 6.54 Å². The summed E-state index contributed by atoms with van der Waals surface area (Å²) in [5.74, 6) is 1.72. The van der Waals surface area contributed by atoms with Crippen LogP contribution in [0.5, 0.6) is 0 Å². The molecule has 0 aromatic carbocycles. The Balaban J connectivity index is 2.08. The molecule has 2 aromatic rings. The van der Waals surface area contributed by atoms with Gasteiger partial charge in [-0.3, -0.25) is 9.88 Å². The number of anilines is 1. The van der Waals surface area contributed by atoms with Gasteiger partial charge in [-0.15, -0.1) is 0 Å². The van der Waals surface area contributed by atoms with Crippen LogP contribution in [0, 0.1) is 6.92 Å². The number of aryl methyl sites for hydroxylation is 1. The normalized spacial score (nSPS) is 10.8. The van der Waals surface area contributed by atoms with E-state index in [4.69, 9.17) is 0 Å². The van der Waals surface area contributed by atoms with Crippen molar-refractivity contribution in [1.82, 2.24) is 19.9 Å². The lowest BCUT2D eigenvalue weighted by molar-refractivity contribution is 0.264. The van der Waals surface area contributed by atoms with E-state index in [0.717, 1.165) is 37.0 Å². The summed E-state index contributed by atoms with van der Waals surface area (Å²) in [4.78, 5) is 15.4. The largest absolute Gasteiger partial charge is 0.373 e. The van der Waals surface area contributed by atoms with E-state index in [1.54, 1.807) is 0 Å². The molecule has 20 heavy (non-hydrogen) atoms. The molecule has 2 aromatic heterocycles. The molecule has 0 fully saturated rings. The molecule has 0 radical (unpaired) electrons. The molecule has 2 rings (SSSR count). The number of hydrogen-bond donors (Lipinski definition) is 1. The van der Waals surface area contributed by atoms with Crippen LogP contribution < -0.4 is 5.32 Å². The zero-order valence-electron chi connectivity index (χ0n) is 12.3. The summed E-state index contributed by atoms with van der Waals surface area (Å²) in [5.41, 5.74) is 2.24. The van der Waals surface area contributed by atoms with Crippen LogP contribution in [0.4, 0.5) is 5.82 Å². The van der Waals surface area contributed by atoms with Crippen molar-refractivity contribution in [3.8, 4) is 0 Å². The van der Waals surface area contributed by atoms with Gasteiger partial charge in [-0.05, 0) is 31.2 Å². The Hall–Kier alpha value is -2.01. The molecule has 0 unspecified atom stereocenters. The Morgan fingerprint density at radius 1 is 1.15 bits per heavy atom. The Morgan fingerprint density at radius 3 is 2.55 bits per heavy atom. The fourth-order valence-electron chi connectivity index (χ4n) is 2.05. The maximum Gasteiger partial charge on any atom is 0.144 e. The number of nitrogens with one attached hydrogen (secondary N) is 1. The van der Waals surface area contributed by atoms with Crippen molar-refractivity contribution in [1.29, 1.82) is 0 Å². The molecule has 0 saturated carbocycles. The lowest BCUT2D eigenvalue weighted by atomic mass is 10.2. The summed E-state index contributed by atoms with van der Waals surface area (Å²) in [6, 6.07) is 6.03.